The molecule has 0 atom stereocenters. The van der Waals surface area contributed by atoms with Crippen LogP contribution in [0.2, 0.25) is 0 Å². The summed E-state index contributed by atoms with van der Waals surface area (Å²) < 4.78 is 0. The maximum Gasteiger partial charge on any atom is 0.248 e. The van der Waals surface area contributed by atoms with E-state index >= 15 is 0 Å². The number of hydrogen-bond acceptors (Lipinski definition) is 3. The van der Waals surface area contributed by atoms with Gasteiger partial charge in [0.15, 0.2) is 0 Å². The molecular formula is C16H23N3O2. The minimum absolute atomic E-state index is 0.000416. The standard InChI is InChI=1S/C16H23N3O2/c17-16(21)13-6-8-14(9-7-13)18-11-15(20)19-10-12-4-2-1-3-5-12/h6-9,12,18H,1-5,10-11H2,(H2,17,21)(H,19,20). The van der Waals surface area contributed by atoms with Crippen LogP contribution in [0.4, 0.5) is 5.69 Å². The van der Waals surface area contributed by atoms with Gasteiger partial charge in [0.2, 0.25) is 11.8 Å². The monoisotopic (exact) mass is 289 g/mol. The molecule has 2 rings (SSSR count). The topological polar surface area (TPSA) is 84.2 Å². The van der Waals surface area contributed by atoms with Crippen molar-refractivity contribution in [2.45, 2.75) is 32.1 Å². The predicted molar refractivity (Wildman–Crippen MR) is 83.0 cm³/mol. The van der Waals surface area contributed by atoms with E-state index in [-0.39, 0.29) is 12.5 Å². The smallest absolute Gasteiger partial charge is 0.248 e. The molecule has 0 aliphatic heterocycles. The molecule has 2 amide bonds. The zero-order valence-corrected chi connectivity index (χ0v) is 12.2. The summed E-state index contributed by atoms with van der Waals surface area (Å²) in [6.07, 6.45) is 6.34. The van der Waals surface area contributed by atoms with E-state index in [4.69, 9.17) is 5.73 Å². The molecule has 0 bridgehead atoms. The Kier molecular flexibility index (Phi) is 5.60. The third-order valence-electron chi connectivity index (χ3n) is 3.94. The Morgan fingerprint density at radius 3 is 2.38 bits per heavy atom. The maximum atomic E-state index is 11.8. The second-order valence-corrected chi connectivity index (χ2v) is 5.60. The van der Waals surface area contributed by atoms with Gasteiger partial charge in [-0.1, -0.05) is 19.3 Å². The van der Waals surface area contributed by atoms with Crippen molar-refractivity contribution in [3.63, 3.8) is 0 Å². The van der Waals surface area contributed by atoms with E-state index in [9.17, 15) is 9.59 Å². The Labute approximate surface area is 125 Å². The van der Waals surface area contributed by atoms with Gasteiger partial charge in [-0.3, -0.25) is 9.59 Å². The summed E-state index contributed by atoms with van der Waals surface area (Å²) in [5.74, 6) is 0.184. The molecule has 1 aromatic carbocycles. The van der Waals surface area contributed by atoms with Gasteiger partial charge in [-0.25, -0.2) is 0 Å². The number of nitrogens with one attached hydrogen (secondary N) is 2. The third-order valence-corrected chi connectivity index (χ3v) is 3.94. The number of carbonyl (C=O) groups is 2. The second kappa shape index (κ2) is 7.67. The molecule has 5 nitrogen and oxygen atoms in total. The van der Waals surface area contributed by atoms with Gasteiger partial charge in [-0.15, -0.1) is 0 Å². The van der Waals surface area contributed by atoms with Crippen LogP contribution >= 0.6 is 0 Å². The molecule has 0 heterocycles. The fourth-order valence-corrected chi connectivity index (χ4v) is 2.65. The molecule has 1 aliphatic rings. The van der Waals surface area contributed by atoms with Gasteiger partial charge in [-0.2, -0.15) is 0 Å². The van der Waals surface area contributed by atoms with Crippen molar-refractivity contribution < 1.29 is 9.59 Å². The molecule has 1 aliphatic carbocycles. The number of benzene rings is 1. The van der Waals surface area contributed by atoms with Gasteiger partial charge in [-0.05, 0) is 43.0 Å². The van der Waals surface area contributed by atoms with Crippen LogP contribution in [0.5, 0.6) is 0 Å². The summed E-state index contributed by atoms with van der Waals surface area (Å²) in [4.78, 5) is 22.7. The average Bonchev–Trinajstić information content (AvgIpc) is 2.52. The van der Waals surface area contributed by atoms with E-state index < -0.39 is 5.91 Å². The highest BCUT2D eigenvalue weighted by atomic mass is 16.2. The second-order valence-electron chi connectivity index (χ2n) is 5.60. The molecule has 0 radical (unpaired) electrons. The van der Waals surface area contributed by atoms with Gasteiger partial charge in [0, 0.05) is 17.8 Å². The van der Waals surface area contributed by atoms with Crippen molar-refractivity contribution in [1.29, 1.82) is 0 Å². The van der Waals surface area contributed by atoms with Crippen LogP contribution in [0, 0.1) is 5.92 Å². The first-order chi connectivity index (χ1) is 10.1. The number of amides is 2. The molecule has 0 spiro atoms. The average molecular weight is 289 g/mol. The highest BCUT2D eigenvalue weighted by molar-refractivity contribution is 5.93. The summed E-state index contributed by atoms with van der Waals surface area (Å²) in [5.41, 5.74) is 6.43. The lowest BCUT2D eigenvalue weighted by Crippen LogP contribution is -2.34. The maximum absolute atomic E-state index is 11.8. The Morgan fingerprint density at radius 2 is 1.76 bits per heavy atom. The lowest BCUT2D eigenvalue weighted by atomic mass is 9.89. The molecule has 5 heteroatoms. The Balaban J connectivity index is 1.69. The first-order valence-electron chi connectivity index (χ1n) is 7.55. The first-order valence-corrected chi connectivity index (χ1v) is 7.55. The molecule has 0 saturated heterocycles. The summed E-state index contributed by atoms with van der Waals surface area (Å²) >= 11 is 0. The van der Waals surface area contributed by atoms with Gasteiger partial charge in [0.25, 0.3) is 0 Å². The highest BCUT2D eigenvalue weighted by Gasteiger charge is 2.14. The van der Waals surface area contributed by atoms with Crippen LogP contribution in [0.3, 0.4) is 0 Å². The van der Waals surface area contributed by atoms with Crippen LogP contribution in [-0.2, 0) is 4.79 Å². The third kappa shape index (κ3) is 5.10. The van der Waals surface area contributed by atoms with Crippen LogP contribution in [0.1, 0.15) is 42.5 Å². The van der Waals surface area contributed by atoms with Crippen molar-refractivity contribution in [2.24, 2.45) is 11.7 Å². The molecule has 0 unspecified atom stereocenters. The minimum Gasteiger partial charge on any atom is -0.376 e. The number of carbonyl (C=O) groups excluding carboxylic acids is 2. The first kappa shape index (κ1) is 15.4. The van der Waals surface area contributed by atoms with E-state index in [0.29, 0.717) is 11.5 Å². The quantitative estimate of drug-likeness (QED) is 0.747. The van der Waals surface area contributed by atoms with Gasteiger partial charge < -0.3 is 16.4 Å². The molecule has 1 saturated carbocycles. The SMILES string of the molecule is NC(=O)c1ccc(NCC(=O)NCC2CCCCC2)cc1. The normalized spacial score (nSPS) is 15.4. The zero-order valence-electron chi connectivity index (χ0n) is 12.2. The van der Waals surface area contributed by atoms with Gasteiger partial charge in [0.1, 0.15) is 0 Å². The Hall–Kier alpha value is -2.04. The molecular weight excluding hydrogens is 266 g/mol. The Bertz CT molecular complexity index is 479. The molecule has 21 heavy (non-hydrogen) atoms. The van der Waals surface area contributed by atoms with Crippen molar-refractivity contribution in [1.82, 2.24) is 5.32 Å². The van der Waals surface area contributed by atoms with E-state index in [1.54, 1.807) is 24.3 Å². The summed E-state index contributed by atoms with van der Waals surface area (Å²) in [7, 11) is 0. The molecule has 1 aromatic rings. The summed E-state index contributed by atoms with van der Waals surface area (Å²) in [6.45, 7) is 1.02. The molecule has 4 N–H and O–H groups in total. The summed E-state index contributed by atoms with van der Waals surface area (Å²) in [5, 5.41) is 6.01. The molecule has 114 valence electrons. The highest BCUT2D eigenvalue weighted by Crippen LogP contribution is 2.22. The number of rotatable bonds is 6. The lowest BCUT2D eigenvalue weighted by molar-refractivity contribution is -0.119. The van der Waals surface area contributed by atoms with Crippen molar-refractivity contribution >= 4 is 17.5 Å². The Morgan fingerprint density at radius 1 is 1.10 bits per heavy atom. The van der Waals surface area contributed by atoms with Crippen molar-refractivity contribution in [2.75, 3.05) is 18.4 Å². The van der Waals surface area contributed by atoms with E-state index in [2.05, 4.69) is 10.6 Å². The fourth-order valence-electron chi connectivity index (χ4n) is 2.65. The number of hydrogen-bond donors (Lipinski definition) is 3. The number of nitrogens with two attached hydrogens (primary N) is 1. The van der Waals surface area contributed by atoms with Crippen LogP contribution < -0.4 is 16.4 Å². The number of primary amides is 1. The van der Waals surface area contributed by atoms with Gasteiger partial charge >= 0.3 is 0 Å². The van der Waals surface area contributed by atoms with Crippen molar-refractivity contribution in [3.8, 4) is 0 Å². The van der Waals surface area contributed by atoms with Gasteiger partial charge in [0.05, 0.1) is 6.54 Å². The van der Waals surface area contributed by atoms with E-state index in [1.807, 2.05) is 0 Å². The number of anilines is 1. The van der Waals surface area contributed by atoms with Crippen LogP contribution in [0.25, 0.3) is 0 Å². The predicted octanol–water partition coefficient (Wildman–Crippen LogP) is 1.89. The minimum atomic E-state index is -0.452. The molecule has 0 aromatic heterocycles. The van der Waals surface area contributed by atoms with Crippen molar-refractivity contribution in [3.05, 3.63) is 29.8 Å². The van der Waals surface area contributed by atoms with Crippen LogP contribution in [0.15, 0.2) is 24.3 Å². The zero-order chi connectivity index (χ0) is 15.1. The van der Waals surface area contributed by atoms with Crippen LogP contribution in [-0.4, -0.2) is 24.9 Å². The summed E-state index contributed by atoms with van der Waals surface area (Å²) in [6, 6.07) is 6.78. The van der Waals surface area contributed by atoms with E-state index in [0.717, 1.165) is 12.2 Å². The molecule has 1 fully saturated rings. The fraction of sp³-hybridized carbons (Fsp3) is 0.500. The lowest BCUT2D eigenvalue weighted by Gasteiger charge is -2.21. The largest absolute Gasteiger partial charge is 0.376 e. The van der Waals surface area contributed by atoms with E-state index in [1.165, 1.54) is 32.1 Å².